The molecule has 5 heterocycles. The fourth-order valence-corrected chi connectivity index (χ4v) is 8.55. The number of para-hydroxylation sites is 1. The van der Waals surface area contributed by atoms with E-state index in [2.05, 4.69) is 33.2 Å². The molecule has 0 unspecified atom stereocenters. The number of carbonyl (C=O) groups is 2. The number of H-pyrrole nitrogens is 1. The molecule has 50 heavy (non-hydrogen) atoms. The molecule has 262 valence electrons. The Labute approximate surface area is 297 Å². The Kier molecular flexibility index (Phi) is 9.76. The third kappa shape index (κ3) is 6.79. The largest absolute Gasteiger partial charge is 0.397 e. The van der Waals surface area contributed by atoms with Gasteiger partial charge in [-0.2, -0.15) is 0 Å². The molecule has 12 heteroatoms. The van der Waals surface area contributed by atoms with E-state index in [0.717, 1.165) is 53.4 Å². The molecule has 0 aliphatic carbocycles. The van der Waals surface area contributed by atoms with Gasteiger partial charge in [0.1, 0.15) is 6.04 Å². The second-order valence-corrected chi connectivity index (χ2v) is 14.7. The summed E-state index contributed by atoms with van der Waals surface area (Å²) in [6.45, 7) is 4.49. The van der Waals surface area contributed by atoms with Gasteiger partial charge >= 0.3 is 11.7 Å². The SMILES string of the molecule is C#Cc1cc(C[C@@H](NC(=O)N2CCC(n3c(=O)[nH]c4c5ccccc5ncc43)CC2)C(=O)N2CCC(C3CCN(C)CC3)CC2)cc(Cl)c1N. The number of aromatic nitrogens is 3. The molecular formula is C38H45ClN8O3. The highest BCUT2D eigenvalue weighted by Gasteiger charge is 2.35. The number of nitrogens with two attached hydrogens (primary N) is 1. The molecule has 2 aromatic carbocycles. The van der Waals surface area contributed by atoms with Crippen LogP contribution in [0.1, 0.15) is 55.7 Å². The number of amides is 3. The van der Waals surface area contributed by atoms with Gasteiger partial charge in [0.2, 0.25) is 5.91 Å². The Bertz CT molecular complexity index is 1990. The van der Waals surface area contributed by atoms with E-state index in [0.29, 0.717) is 67.1 Å². The van der Waals surface area contributed by atoms with Gasteiger partial charge in [0.05, 0.1) is 33.5 Å². The zero-order valence-corrected chi connectivity index (χ0v) is 29.3. The van der Waals surface area contributed by atoms with E-state index in [-0.39, 0.29) is 30.1 Å². The van der Waals surface area contributed by atoms with Gasteiger partial charge in [-0.3, -0.25) is 14.3 Å². The number of urea groups is 1. The average Bonchev–Trinajstić information content (AvgIpc) is 3.49. The molecule has 0 radical (unpaired) electrons. The van der Waals surface area contributed by atoms with Gasteiger partial charge < -0.3 is 30.7 Å². The normalized spacial score (nSPS) is 19.1. The molecule has 1 atom stereocenters. The van der Waals surface area contributed by atoms with Crippen LogP contribution in [0.4, 0.5) is 10.5 Å². The topological polar surface area (TPSA) is 133 Å². The van der Waals surface area contributed by atoms with Crippen LogP contribution in [-0.4, -0.2) is 93.5 Å². The Morgan fingerprint density at radius 1 is 1.02 bits per heavy atom. The third-order valence-electron chi connectivity index (χ3n) is 11.2. The van der Waals surface area contributed by atoms with Gasteiger partial charge in [0.15, 0.2) is 0 Å². The van der Waals surface area contributed by atoms with E-state index >= 15 is 0 Å². The van der Waals surface area contributed by atoms with Gasteiger partial charge in [-0.1, -0.05) is 35.7 Å². The number of imidazole rings is 1. The van der Waals surface area contributed by atoms with Crippen molar-refractivity contribution in [3.8, 4) is 12.3 Å². The number of pyridine rings is 1. The first-order chi connectivity index (χ1) is 24.2. The summed E-state index contributed by atoms with van der Waals surface area (Å²) in [6, 6.07) is 10.0. The van der Waals surface area contributed by atoms with Crippen molar-refractivity contribution in [3.63, 3.8) is 0 Å². The van der Waals surface area contributed by atoms with Crippen molar-refractivity contribution in [2.24, 2.45) is 11.8 Å². The molecule has 3 fully saturated rings. The standard InChI is InChI=1S/C38H45ClN8O3/c1-3-25-20-24(21-30(39)34(25)40)22-32(36(48)45-16-10-27(11-17-45)26-8-14-44(2)15-9-26)42-37(49)46-18-12-28(13-19-46)47-33-23-41-31-7-5-4-6-29(31)35(33)43-38(47)50/h1,4-7,20-21,23,26-28,32H,8-19,22,40H2,2H3,(H,42,49)(H,43,50)/t32-/m1/s1. The van der Waals surface area contributed by atoms with Crippen LogP contribution in [0.3, 0.4) is 0 Å². The summed E-state index contributed by atoms with van der Waals surface area (Å²) in [5.74, 6) is 3.80. The second kappa shape index (κ2) is 14.4. The summed E-state index contributed by atoms with van der Waals surface area (Å²) >= 11 is 6.42. The lowest BCUT2D eigenvalue weighted by Gasteiger charge is -2.40. The average molecular weight is 697 g/mol. The third-order valence-corrected chi connectivity index (χ3v) is 11.6. The number of nitrogens with one attached hydrogen (secondary N) is 2. The molecule has 0 spiro atoms. The fraction of sp³-hybridized carbons (Fsp3) is 0.474. The molecule has 4 aromatic rings. The van der Waals surface area contributed by atoms with Crippen molar-refractivity contribution >= 4 is 51.2 Å². The number of nitrogens with zero attached hydrogens (tertiary/aromatic N) is 5. The van der Waals surface area contributed by atoms with Crippen LogP contribution in [0.25, 0.3) is 21.9 Å². The molecule has 4 N–H and O–H groups in total. The summed E-state index contributed by atoms with van der Waals surface area (Å²) in [6.07, 6.45) is 13.2. The van der Waals surface area contributed by atoms with Crippen LogP contribution in [-0.2, 0) is 11.2 Å². The first-order valence-corrected chi connectivity index (χ1v) is 18.1. The van der Waals surface area contributed by atoms with Crippen LogP contribution in [0, 0.1) is 24.2 Å². The fourth-order valence-electron chi connectivity index (χ4n) is 8.31. The summed E-state index contributed by atoms with van der Waals surface area (Å²) < 4.78 is 1.78. The van der Waals surface area contributed by atoms with Gasteiger partial charge in [0, 0.05) is 49.6 Å². The molecule has 3 aliphatic heterocycles. The number of nitrogen functional groups attached to an aromatic ring is 1. The minimum absolute atomic E-state index is 0.0920. The minimum atomic E-state index is -0.805. The van der Waals surface area contributed by atoms with E-state index in [4.69, 9.17) is 23.8 Å². The summed E-state index contributed by atoms with van der Waals surface area (Å²) in [5.41, 5.74) is 9.77. The maximum absolute atomic E-state index is 14.2. The summed E-state index contributed by atoms with van der Waals surface area (Å²) in [4.78, 5) is 54.8. The maximum atomic E-state index is 14.2. The Balaban J connectivity index is 1.04. The Morgan fingerprint density at radius 3 is 2.38 bits per heavy atom. The molecule has 3 saturated heterocycles. The number of hydrogen-bond donors (Lipinski definition) is 3. The number of rotatable bonds is 6. The number of aromatic amines is 1. The van der Waals surface area contributed by atoms with Gasteiger partial charge in [-0.25, -0.2) is 9.59 Å². The lowest BCUT2D eigenvalue weighted by Crippen LogP contribution is -2.55. The summed E-state index contributed by atoms with van der Waals surface area (Å²) in [5, 5.41) is 4.30. The van der Waals surface area contributed by atoms with Gasteiger partial charge in [-0.15, -0.1) is 6.42 Å². The number of fused-ring (bicyclic) bond motifs is 3. The first kappa shape index (κ1) is 33.9. The molecule has 11 nitrogen and oxygen atoms in total. The Hall–Kier alpha value is -4.53. The van der Waals surface area contributed by atoms with E-state index in [1.54, 1.807) is 27.8 Å². The number of benzene rings is 2. The highest BCUT2D eigenvalue weighted by atomic mass is 35.5. The minimum Gasteiger partial charge on any atom is -0.397 e. The molecule has 3 aliphatic rings. The highest BCUT2D eigenvalue weighted by molar-refractivity contribution is 6.33. The summed E-state index contributed by atoms with van der Waals surface area (Å²) in [7, 11) is 2.18. The molecule has 2 aromatic heterocycles. The van der Waals surface area contributed by atoms with Crippen molar-refractivity contribution in [1.29, 1.82) is 0 Å². The first-order valence-electron chi connectivity index (χ1n) is 17.8. The van der Waals surface area contributed by atoms with Crippen molar-refractivity contribution in [1.82, 2.24) is 34.6 Å². The number of hydrogen-bond acceptors (Lipinski definition) is 6. The number of piperidine rings is 3. The number of halogens is 1. The predicted molar refractivity (Wildman–Crippen MR) is 197 cm³/mol. The quantitative estimate of drug-likeness (QED) is 0.199. The molecule has 0 saturated carbocycles. The lowest BCUT2D eigenvalue weighted by molar-refractivity contribution is -0.135. The van der Waals surface area contributed by atoms with Crippen LogP contribution in [0.5, 0.6) is 0 Å². The lowest BCUT2D eigenvalue weighted by atomic mass is 9.79. The van der Waals surface area contributed by atoms with Crippen LogP contribution >= 0.6 is 11.6 Å². The number of likely N-dealkylation sites (tertiary alicyclic amines) is 3. The predicted octanol–water partition coefficient (Wildman–Crippen LogP) is 4.63. The van der Waals surface area contributed by atoms with Gasteiger partial charge in [0.25, 0.3) is 0 Å². The molecule has 7 rings (SSSR count). The number of anilines is 1. The zero-order valence-electron chi connectivity index (χ0n) is 28.5. The monoisotopic (exact) mass is 696 g/mol. The van der Waals surface area contributed by atoms with Crippen molar-refractivity contribution in [3.05, 3.63) is 69.2 Å². The van der Waals surface area contributed by atoms with Gasteiger partial charge in [-0.05, 0) is 94.3 Å². The van der Waals surface area contributed by atoms with Crippen LogP contribution in [0.2, 0.25) is 5.02 Å². The van der Waals surface area contributed by atoms with E-state index in [1.807, 2.05) is 29.2 Å². The molecule has 3 amide bonds. The van der Waals surface area contributed by atoms with Crippen LogP contribution < -0.4 is 16.7 Å². The van der Waals surface area contributed by atoms with E-state index in [1.165, 1.54) is 12.8 Å². The zero-order chi connectivity index (χ0) is 34.9. The molecular weight excluding hydrogens is 652 g/mol. The smallest absolute Gasteiger partial charge is 0.326 e. The Morgan fingerprint density at radius 2 is 1.68 bits per heavy atom. The van der Waals surface area contributed by atoms with Crippen molar-refractivity contribution < 1.29 is 9.59 Å². The van der Waals surface area contributed by atoms with Crippen molar-refractivity contribution in [2.45, 2.75) is 57.0 Å². The molecule has 0 bridgehead atoms. The maximum Gasteiger partial charge on any atom is 0.326 e. The second-order valence-electron chi connectivity index (χ2n) is 14.2. The highest BCUT2D eigenvalue weighted by Crippen LogP contribution is 2.33. The van der Waals surface area contributed by atoms with E-state index < -0.39 is 6.04 Å². The number of terminal acetylenes is 1. The number of carbonyl (C=O) groups excluding carboxylic acids is 2. The van der Waals surface area contributed by atoms with Crippen LogP contribution in [0.15, 0.2) is 47.4 Å². The van der Waals surface area contributed by atoms with Crippen molar-refractivity contribution in [2.75, 3.05) is 52.0 Å². The van der Waals surface area contributed by atoms with E-state index in [9.17, 15) is 14.4 Å².